The van der Waals surface area contributed by atoms with Crippen molar-refractivity contribution in [2.24, 2.45) is 5.73 Å². The van der Waals surface area contributed by atoms with Crippen LogP contribution in [0.3, 0.4) is 0 Å². The molecule has 1 atom stereocenters. The van der Waals surface area contributed by atoms with E-state index in [4.69, 9.17) is 10.7 Å². The van der Waals surface area contributed by atoms with Crippen molar-refractivity contribution in [1.29, 1.82) is 0 Å². The number of nitrogens with zero attached hydrogens (tertiary/aromatic N) is 2. The van der Waals surface area contributed by atoms with Gasteiger partial charge in [-0.1, -0.05) is 29.8 Å². The van der Waals surface area contributed by atoms with Crippen molar-refractivity contribution in [3.63, 3.8) is 0 Å². The lowest BCUT2D eigenvalue weighted by molar-refractivity contribution is 0.595. The smallest absolute Gasteiger partial charge is 0.157 e. The Balaban J connectivity index is 1.53. The van der Waals surface area contributed by atoms with Crippen molar-refractivity contribution < 1.29 is 4.55 Å². The predicted molar refractivity (Wildman–Crippen MR) is 120 cm³/mol. The Morgan fingerprint density at radius 2 is 2.03 bits per heavy atom. The molecular weight excluding hydrogens is 380 g/mol. The summed E-state index contributed by atoms with van der Waals surface area (Å²) in [6.07, 6.45) is 2.15. The number of nitrogens with two attached hydrogens (primary N) is 1. The van der Waals surface area contributed by atoms with E-state index in [-0.39, 0.29) is 5.54 Å². The number of aromatic nitrogens is 1. The van der Waals surface area contributed by atoms with E-state index >= 15 is 0 Å². The fraction of sp³-hybridized carbons (Fsp3) is 0.348. The highest BCUT2D eigenvalue weighted by molar-refractivity contribution is 7.91. The lowest BCUT2D eigenvalue weighted by Gasteiger charge is -2.23. The summed E-state index contributed by atoms with van der Waals surface area (Å²) < 4.78 is 12.7. The fourth-order valence-electron chi connectivity index (χ4n) is 3.88. The maximum Gasteiger partial charge on any atom is 0.157 e. The molecule has 0 radical (unpaired) electrons. The molecule has 2 aliphatic rings. The first-order valence-electron chi connectivity index (χ1n) is 10.2. The summed E-state index contributed by atoms with van der Waals surface area (Å²) in [4.78, 5) is 8.14. The second-order valence-electron chi connectivity index (χ2n) is 8.34. The fourth-order valence-corrected chi connectivity index (χ4v) is 5.14. The lowest BCUT2D eigenvalue weighted by Crippen LogP contribution is -2.31. The topological polar surface area (TPSA) is 77.2 Å². The van der Waals surface area contributed by atoms with Crippen LogP contribution in [-0.4, -0.2) is 33.9 Å². The predicted octanol–water partition coefficient (Wildman–Crippen LogP) is 3.57. The van der Waals surface area contributed by atoms with Gasteiger partial charge >= 0.3 is 0 Å². The Hall–Kier alpha value is -2.28. The van der Waals surface area contributed by atoms with E-state index in [0.717, 1.165) is 52.3 Å². The van der Waals surface area contributed by atoms with Gasteiger partial charge in [0.25, 0.3) is 0 Å². The first-order chi connectivity index (χ1) is 14.0. The summed E-state index contributed by atoms with van der Waals surface area (Å²) in [7, 11) is 0. The molecule has 1 fully saturated rings. The third kappa shape index (κ3) is 3.80. The molecule has 1 unspecified atom stereocenters. The summed E-state index contributed by atoms with van der Waals surface area (Å²) in [5.74, 6) is 1.53. The third-order valence-electron chi connectivity index (χ3n) is 5.92. The largest absolute Gasteiger partial charge is 0.611 e. The van der Waals surface area contributed by atoms with Crippen LogP contribution in [-0.2, 0) is 17.7 Å². The lowest BCUT2D eigenvalue weighted by atomic mass is 10.1. The number of aryl methyl sites for hydroxylation is 1. The van der Waals surface area contributed by atoms with Crippen molar-refractivity contribution in [3.8, 4) is 0 Å². The highest BCUT2D eigenvalue weighted by atomic mass is 32.2. The highest BCUT2D eigenvalue weighted by Crippen LogP contribution is 2.35. The number of hydrogen-bond acceptors (Lipinski definition) is 5. The first kappa shape index (κ1) is 18.7. The van der Waals surface area contributed by atoms with Crippen molar-refractivity contribution in [3.05, 3.63) is 59.7 Å². The Labute approximate surface area is 174 Å². The number of pyridine rings is 1. The molecule has 1 aromatic heterocycles. The van der Waals surface area contributed by atoms with Crippen molar-refractivity contribution >= 4 is 33.6 Å². The van der Waals surface area contributed by atoms with Crippen molar-refractivity contribution in [2.75, 3.05) is 29.1 Å². The van der Waals surface area contributed by atoms with Crippen LogP contribution < -0.4 is 16.0 Å². The van der Waals surface area contributed by atoms with Gasteiger partial charge in [0, 0.05) is 41.3 Å². The van der Waals surface area contributed by atoms with Gasteiger partial charge in [-0.15, -0.1) is 0 Å². The molecule has 3 aromatic rings. The van der Waals surface area contributed by atoms with E-state index in [2.05, 4.69) is 47.5 Å². The number of rotatable bonds is 4. The zero-order valence-electron chi connectivity index (χ0n) is 16.6. The molecule has 5 nitrogen and oxygen atoms in total. The Bertz CT molecular complexity index is 1070. The van der Waals surface area contributed by atoms with E-state index in [1.165, 1.54) is 5.56 Å². The van der Waals surface area contributed by atoms with Crippen LogP contribution in [0.15, 0.2) is 53.4 Å². The monoisotopic (exact) mass is 406 g/mol. The second-order valence-corrected chi connectivity index (χ2v) is 9.88. The minimum absolute atomic E-state index is 0.0714. The van der Waals surface area contributed by atoms with Gasteiger partial charge < -0.3 is 20.5 Å². The van der Waals surface area contributed by atoms with Crippen LogP contribution in [0.4, 0.5) is 11.5 Å². The third-order valence-corrected chi connectivity index (χ3v) is 7.37. The van der Waals surface area contributed by atoms with E-state index in [1.54, 1.807) is 0 Å². The number of nitrogens with one attached hydrogen (secondary N) is 1. The van der Waals surface area contributed by atoms with Gasteiger partial charge in [-0.3, -0.25) is 0 Å². The molecule has 2 heterocycles. The zero-order valence-corrected chi connectivity index (χ0v) is 17.5. The second kappa shape index (κ2) is 7.20. The van der Waals surface area contributed by atoms with E-state index in [0.29, 0.717) is 18.8 Å². The van der Waals surface area contributed by atoms with Crippen molar-refractivity contribution in [2.45, 2.75) is 36.7 Å². The molecule has 1 aliphatic heterocycles. The highest BCUT2D eigenvalue weighted by Gasteiger charge is 2.37. The Morgan fingerprint density at radius 1 is 1.21 bits per heavy atom. The van der Waals surface area contributed by atoms with Gasteiger partial charge in [-0.05, 0) is 49.1 Å². The number of hydrogen-bond donors (Lipinski definition) is 2. The van der Waals surface area contributed by atoms with Crippen LogP contribution in [0.5, 0.6) is 0 Å². The Morgan fingerprint density at radius 3 is 2.86 bits per heavy atom. The zero-order chi connectivity index (χ0) is 20.0. The summed E-state index contributed by atoms with van der Waals surface area (Å²) in [5, 5.41) is 4.71. The summed E-state index contributed by atoms with van der Waals surface area (Å²) >= 11 is -0.971. The standard InChI is InChI=1S/C23H26N4OS/c1-16-6-7-19-18(12-16)20(25-15-23(24)8-9-23)13-22(26-19)27-10-11-29(28)21-5-3-2-4-17(21)14-27/h2-7,12-13H,8-11,14-15,24H2,1H3,(H,25,26). The number of fused-ring (bicyclic) bond motifs is 2. The van der Waals surface area contributed by atoms with Gasteiger partial charge in [-0.25, -0.2) is 4.98 Å². The van der Waals surface area contributed by atoms with Gasteiger partial charge in [0.2, 0.25) is 0 Å². The molecule has 150 valence electrons. The maximum atomic E-state index is 12.7. The molecule has 1 saturated carbocycles. The molecule has 6 heteroatoms. The molecule has 1 aliphatic carbocycles. The number of anilines is 2. The van der Waals surface area contributed by atoms with Crippen LogP contribution in [0.2, 0.25) is 0 Å². The minimum atomic E-state index is -0.971. The SMILES string of the molecule is Cc1ccc2nc(N3CC[S+]([O-])c4ccccc4C3)cc(NCC3(N)CC3)c2c1. The van der Waals surface area contributed by atoms with Crippen LogP contribution in [0.1, 0.15) is 24.0 Å². The van der Waals surface area contributed by atoms with Crippen LogP contribution in [0.25, 0.3) is 10.9 Å². The molecule has 3 N–H and O–H groups in total. The minimum Gasteiger partial charge on any atom is -0.611 e. The van der Waals surface area contributed by atoms with Crippen LogP contribution in [0, 0.1) is 6.92 Å². The summed E-state index contributed by atoms with van der Waals surface area (Å²) in [5.41, 5.74) is 10.6. The molecule has 0 saturated heterocycles. The number of benzene rings is 2. The van der Waals surface area contributed by atoms with Gasteiger partial charge in [0.1, 0.15) is 11.6 Å². The summed E-state index contributed by atoms with van der Waals surface area (Å²) in [6.45, 7) is 4.30. The molecule has 5 rings (SSSR count). The molecule has 2 aromatic carbocycles. The van der Waals surface area contributed by atoms with Gasteiger partial charge in [0.05, 0.1) is 12.1 Å². The molecule has 29 heavy (non-hydrogen) atoms. The quantitative estimate of drug-likeness (QED) is 0.648. The average molecular weight is 407 g/mol. The molecule has 0 bridgehead atoms. The molecule has 0 amide bonds. The maximum absolute atomic E-state index is 12.7. The van der Waals surface area contributed by atoms with Crippen molar-refractivity contribution in [1.82, 2.24) is 4.98 Å². The van der Waals surface area contributed by atoms with Crippen LogP contribution >= 0.6 is 0 Å². The Kier molecular flexibility index (Phi) is 4.65. The van der Waals surface area contributed by atoms with E-state index in [1.807, 2.05) is 18.2 Å². The summed E-state index contributed by atoms with van der Waals surface area (Å²) in [6, 6.07) is 16.5. The van der Waals surface area contributed by atoms with Gasteiger partial charge in [0.15, 0.2) is 4.90 Å². The molecular formula is C23H26N4OS. The first-order valence-corrected chi connectivity index (χ1v) is 11.5. The van der Waals surface area contributed by atoms with E-state index in [9.17, 15) is 4.55 Å². The normalized spacial score (nSPS) is 20.2. The van der Waals surface area contributed by atoms with Gasteiger partial charge in [-0.2, -0.15) is 0 Å². The van der Waals surface area contributed by atoms with E-state index < -0.39 is 11.2 Å². The average Bonchev–Trinajstić information content (AvgIpc) is 3.49. The molecule has 0 spiro atoms.